The maximum absolute atomic E-state index is 12.3. The molecular formula is C23H28N4O5. The van der Waals surface area contributed by atoms with Crippen LogP contribution in [-0.4, -0.2) is 74.0 Å². The minimum atomic E-state index is -0.239. The van der Waals surface area contributed by atoms with Crippen LogP contribution in [0.15, 0.2) is 53.6 Å². The van der Waals surface area contributed by atoms with Gasteiger partial charge < -0.3 is 29.1 Å². The summed E-state index contributed by atoms with van der Waals surface area (Å²) in [7, 11) is 0. The van der Waals surface area contributed by atoms with Gasteiger partial charge in [0.25, 0.3) is 0 Å². The summed E-state index contributed by atoms with van der Waals surface area (Å²) in [6.07, 6.45) is 1.30. The number of hydrazone groups is 1. The van der Waals surface area contributed by atoms with Gasteiger partial charge in [0, 0.05) is 31.9 Å². The van der Waals surface area contributed by atoms with Crippen molar-refractivity contribution in [3.8, 4) is 11.5 Å². The molecule has 0 radical (unpaired) electrons. The summed E-state index contributed by atoms with van der Waals surface area (Å²) in [6.45, 7) is 5.56. The van der Waals surface area contributed by atoms with Crippen molar-refractivity contribution < 1.29 is 24.1 Å². The summed E-state index contributed by atoms with van der Waals surface area (Å²) in [5.74, 6) is 0.947. The number of piperazine rings is 1. The minimum Gasteiger partial charge on any atom is -0.508 e. The molecule has 2 aliphatic heterocycles. The number of carbonyl (C=O) groups excluding carboxylic acids is 1. The maximum Gasteiger partial charge on any atom is 0.337 e. The van der Waals surface area contributed by atoms with Crippen molar-refractivity contribution in [1.29, 1.82) is 0 Å². The van der Waals surface area contributed by atoms with Gasteiger partial charge in [0.15, 0.2) is 6.29 Å². The Balaban J connectivity index is 1.20. The van der Waals surface area contributed by atoms with Gasteiger partial charge in [-0.15, -0.1) is 0 Å². The highest BCUT2D eigenvalue weighted by Gasteiger charge is 2.23. The van der Waals surface area contributed by atoms with E-state index in [-0.39, 0.29) is 24.2 Å². The average molecular weight is 441 g/mol. The van der Waals surface area contributed by atoms with Gasteiger partial charge in [-0.1, -0.05) is 12.1 Å². The van der Waals surface area contributed by atoms with Crippen molar-refractivity contribution >= 4 is 17.9 Å². The van der Waals surface area contributed by atoms with Crippen LogP contribution >= 0.6 is 0 Å². The lowest BCUT2D eigenvalue weighted by atomic mass is 10.2. The Morgan fingerprint density at radius 1 is 1.22 bits per heavy atom. The number of hydrogen-bond acceptors (Lipinski definition) is 7. The summed E-state index contributed by atoms with van der Waals surface area (Å²) >= 11 is 0. The fourth-order valence-corrected chi connectivity index (χ4v) is 3.63. The number of rotatable bonds is 6. The molecular weight excluding hydrogens is 412 g/mol. The van der Waals surface area contributed by atoms with Crippen molar-refractivity contribution in [3.63, 3.8) is 0 Å². The van der Waals surface area contributed by atoms with Crippen molar-refractivity contribution in [2.45, 2.75) is 19.3 Å². The fraction of sp³-hybridized carbons (Fsp3) is 0.391. The average Bonchev–Trinajstić information content (AvgIpc) is 3.23. The summed E-state index contributed by atoms with van der Waals surface area (Å²) in [4.78, 5) is 16.3. The zero-order valence-electron chi connectivity index (χ0n) is 18.0. The topological polar surface area (TPSA) is 95.9 Å². The van der Waals surface area contributed by atoms with Crippen molar-refractivity contribution in [2.75, 3.05) is 44.3 Å². The van der Waals surface area contributed by atoms with Gasteiger partial charge in [0.2, 0.25) is 0 Å². The Kier molecular flexibility index (Phi) is 7.08. The van der Waals surface area contributed by atoms with Gasteiger partial charge in [-0.2, -0.15) is 5.10 Å². The molecule has 4 rings (SSSR count). The number of nitrogens with one attached hydrogen (secondary N) is 1. The highest BCUT2D eigenvalue weighted by molar-refractivity contribution is 5.82. The molecule has 2 atom stereocenters. The Hall–Kier alpha value is -3.30. The van der Waals surface area contributed by atoms with Crippen LogP contribution in [0.25, 0.3) is 0 Å². The van der Waals surface area contributed by atoms with E-state index in [9.17, 15) is 9.90 Å². The van der Waals surface area contributed by atoms with Crippen LogP contribution in [-0.2, 0) is 9.47 Å². The van der Waals surface area contributed by atoms with Crippen LogP contribution in [0, 0.1) is 0 Å². The largest absolute Gasteiger partial charge is 0.508 e. The number of ether oxygens (including phenoxy) is 3. The van der Waals surface area contributed by atoms with E-state index in [2.05, 4.69) is 15.4 Å². The molecule has 0 bridgehead atoms. The van der Waals surface area contributed by atoms with Gasteiger partial charge >= 0.3 is 6.03 Å². The molecule has 2 amide bonds. The first-order chi connectivity index (χ1) is 15.6. The lowest BCUT2D eigenvalue weighted by Crippen LogP contribution is -2.51. The minimum absolute atomic E-state index is 0.0342. The summed E-state index contributed by atoms with van der Waals surface area (Å²) < 4.78 is 16.7. The summed E-state index contributed by atoms with van der Waals surface area (Å²) in [6, 6.07) is 14.4. The molecule has 0 spiro atoms. The molecule has 2 aromatic rings. The maximum atomic E-state index is 12.3. The molecule has 2 aromatic carbocycles. The molecule has 9 heteroatoms. The van der Waals surface area contributed by atoms with Crippen LogP contribution in [0.5, 0.6) is 11.5 Å². The van der Waals surface area contributed by atoms with E-state index in [1.807, 2.05) is 31.2 Å². The number of carbonyl (C=O) groups is 1. The lowest BCUT2D eigenvalue weighted by Gasteiger charge is -2.35. The number of aromatic hydroxyl groups is 1. The Bertz CT molecular complexity index is 928. The number of nitrogens with zero attached hydrogens (tertiary/aromatic N) is 3. The number of hydrogen-bond donors (Lipinski definition) is 2. The molecule has 9 nitrogen and oxygen atoms in total. The van der Waals surface area contributed by atoms with Crippen molar-refractivity contribution in [1.82, 2.24) is 10.3 Å². The second-order valence-corrected chi connectivity index (χ2v) is 7.71. The zero-order chi connectivity index (χ0) is 22.3. The highest BCUT2D eigenvalue weighted by atomic mass is 16.7. The fourth-order valence-electron chi connectivity index (χ4n) is 3.63. The molecule has 0 saturated carbocycles. The smallest absolute Gasteiger partial charge is 0.337 e. The van der Waals surface area contributed by atoms with E-state index in [0.29, 0.717) is 31.9 Å². The number of phenols is 1. The van der Waals surface area contributed by atoms with Crippen LogP contribution in [0.2, 0.25) is 0 Å². The van der Waals surface area contributed by atoms with Gasteiger partial charge in [0.05, 0.1) is 12.8 Å². The van der Waals surface area contributed by atoms with Crippen LogP contribution in [0.1, 0.15) is 12.5 Å². The van der Waals surface area contributed by atoms with Crippen LogP contribution in [0.3, 0.4) is 0 Å². The third kappa shape index (κ3) is 5.89. The monoisotopic (exact) mass is 440 g/mol. The van der Waals surface area contributed by atoms with E-state index in [1.165, 1.54) is 6.21 Å². The number of anilines is 1. The van der Waals surface area contributed by atoms with Crippen LogP contribution in [0.4, 0.5) is 10.5 Å². The molecule has 2 heterocycles. The van der Waals surface area contributed by atoms with E-state index in [4.69, 9.17) is 14.2 Å². The first-order valence-corrected chi connectivity index (χ1v) is 10.7. The summed E-state index contributed by atoms with van der Waals surface area (Å²) in [5, 5.41) is 13.4. The predicted octanol–water partition coefficient (Wildman–Crippen LogP) is 2.40. The normalized spacial score (nSPS) is 21.2. The first kappa shape index (κ1) is 21.9. The summed E-state index contributed by atoms with van der Waals surface area (Å²) in [5.41, 5.74) is 4.34. The predicted molar refractivity (Wildman–Crippen MR) is 120 cm³/mol. The van der Waals surface area contributed by atoms with Gasteiger partial charge in [-0.05, 0) is 48.9 Å². The lowest BCUT2D eigenvalue weighted by molar-refractivity contribution is -0.0486. The van der Waals surface area contributed by atoms with Gasteiger partial charge in [-0.25, -0.2) is 10.2 Å². The Labute approximate surface area is 187 Å². The highest BCUT2D eigenvalue weighted by Crippen LogP contribution is 2.22. The molecule has 2 N–H and O–H groups in total. The quantitative estimate of drug-likeness (QED) is 0.529. The van der Waals surface area contributed by atoms with E-state index >= 15 is 0 Å². The second kappa shape index (κ2) is 10.3. The standard InChI is InChI=1S/C23H28N4O5/c1-17-30-15-22(32-17)16-31-21-7-5-19(6-8-21)26-9-11-27(12-10-26)23(29)25-24-14-18-3-2-4-20(28)13-18/h2-8,13-14,17,22,28H,9-12,15-16H2,1H3,(H,25,29)/b24-14+. The number of benzene rings is 2. The molecule has 0 aliphatic carbocycles. The van der Waals surface area contributed by atoms with Crippen molar-refractivity contribution in [2.24, 2.45) is 5.10 Å². The number of amides is 2. The third-order valence-electron chi connectivity index (χ3n) is 5.35. The third-order valence-corrected chi connectivity index (χ3v) is 5.35. The van der Waals surface area contributed by atoms with Crippen LogP contribution < -0.4 is 15.1 Å². The SMILES string of the molecule is CC1OCC(COc2ccc(N3CCN(C(=O)N/N=C/c4cccc(O)c4)CC3)cc2)O1. The van der Waals surface area contributed by atoms with Gasteiger partial charge in [0.1, 0.15) is 24.2 Å². The van der Waals surface area contributed by atoms with Gasteiger partial charge in [-0.3, -0.25) is 0 Å². The molecule has 2 aliphatic rings. The molecule has 32 heavy (non-hydrogen) atoms. The molecule has 170 valence electrons. The number of phenolic OH excluding ortho intramolecular Hbond substituents is 1. The molecule has 2 saturated heterocycles. The van der Waals surface area contributed by atoms with Crippen molar-refractivity contribution in [3.05, 3.63) is 54.1 Å². The number of urea groups is 1. The molecule has 0 aromatic heterocycles. The Morgan fingerprint density at radius 3 is 2.69 bits per heavy atom. The molecule has 2 unspecified atom stereocenters. The zero-order valence-corrected chi connectivity index (χ0v) is 18.0. The van der Waals surface area contributed by atoms with E-state index in [1.54, 1.807) is 29.2 Å². The molecule has 2 fully saturated rings. The van der Waals surface area contributed by atoms with E-state index in [0.717, 1.165) is 24.5 Å². The Morgan fingerprint density at radius 2 is 2.00 bits per heavy atom. The second-order valence-electron chi connectivity index (χ2n) is 7.71. The first-order valence-electron chi connectivity index (χ1n) is 10.7. The van der Waals surface area contributed by atoms with E-state index < -0.39 is 0 Å².